The molecule has 0 spiro atoms. The van der Waals surface area contributed by atoms with Gasteiger partial charge in [-0.2, -0.15) is 0 Å². The number of nitrogens with two attached hydrogens (primary N) is 1. The number of nitrogens with zero attached hydrogens (tertiary/aromatic N) is 1. The average molecular weight is 179 g/mol. The second-order valence-electron chi connectivity index (χ2n) is 3.29. The van der Waals surface area contributed by atoms with E-state index in [9.17, 15) is 4.79 Å². The van der Waals surface area contributed by atoms with Crippen molar-refractivity contribution in [1.29, 1.82) is 0 Å². The molecule has 0 aromatic rings. The van der Waals surface area contributed by atoms with Crippen molar-refractivity contribution in [3.63, 3.8) is 0 Å². The molecule has 0 aromatic carbocycles. The van der Waals surface area contributed by atoms with E-state index in [4.69, 9.17) is 5.73 Å². The first kappa shape index (κ1) is 8.31. The van der Waals surface area contributed by atoms with E-state index in [-0.39, 0.29) is 11.9 Å². The zero-order chi connectivity index (χ0) is 9.26. The predicted molar refractivity (Wildman–Crippen MR) is 49.8 cm³/mol. The van der Waals surface area contributed by atoms with Crippen LogP contribution in [0.5, 0.6) is 0 Å². The number of hydrogen-bond acceptors (Lipinski definition) is 3. The zero-order valence-electron chi connectivity index (χ0n) is 7.36. The van der Waals surface area contributed by atoms with Crippen LogP contribution in [0.3, 0.4) is 0 Å². The number of fused-ring (bicyclic) bond motifs is 1. The molecule has 1 amide bonds. The SMILES string of the molecule is NC(=O)C1CNCC2=CC=CCN21. The van der Waals surface area contributed by atoms with Gasteiger partial charge in [-0.25, -0.2) is 0 Å². The van der Waals surface area contributed by atoms with Crippen LogP contribution in [0.1, 0.15) is 0 Å². The molecular weight excluding hydrogens is 166 g/mol. The summed E-state index contributed by atoms with van der Waals surface area (Å²) in [5, 5.41) is 3.17. The van der Waals surface area contributed by atoms with E-state index in [0.717, 1.165) is 18.8 Å². The van der Waals surface area contributed by atoms with Gasteiger partial charge < -0.3 is 16.0 Å². The summed E-state index contributed by atoms with van der Waals surface area (Å²) >= 11 is 0. The Morgan fingerprint density at radius 2 is 2.54 bits per heavy atom. The highest BCUT2D eigenvalue weighted by molar-refractivity contribution is 5.80. The van der Waals surface area contributed by atoms with Crippen molar-refractivity contribution in [3.8, 4) is 0 Å². The molecule has 1 saturated heterocycles. The lowest BCUT2D eigenvalue weighted by Gasteiger charge is -2.38. The summed E-state index contributed by atoms with van der Waals surface area (Å²) in [4.78, 5) is 13.2. The summed E-state index contributed by atoms with van der Waals surface area (Å²) in [7, 11) is 0. The van der Waals surface area contributed by atoms with E-state index in [1.165, 1.54) is 0 Å². The predicted octanol–water partition coefficient (Wildman–Crippen LogP) is -0.801. The number of piperazine rings is 1. The molecule has 0 aromatic heterocycles. The van der Waals surface area contributed by atoms with Crippen molar-refractivity contribution >= 4 is 5.91 Å². The van der Waals surface area contributed by atoms with Crippen LogP contribution in [-0.2, 0) is 4.79 Å². The Morgan fingerprint density at radius 3 is 3.31 bits per heavy atom. The lowest BCUT2D eigenvalue weighted by atomic mass is 10.1. The average Bonchev–Trinajstić information content (AvgIpc) is 2.17. The zero-order valence-corrected chi connectivity index (χ0v) is 7.36. The fraction of sp³-hybridized carbons (Fsp3) is 0.444. The maximum absolute atomic E-state index is 11.1. The lowest BCUT2D eigenvalue weighted by Crippen LogP contribution is -2.55. The standard InChI is InChI=1S/C9H13N3O/c10-9(13)8-6-11-5-7-3-1-2-4-12(7)8/h1-3,8,11H,4-6H2,(H2,10,13). The van der Waals surface area contributed by atoms with E-state index in [0.29, 0.717) is 6.54 Å². The Morgan fingerprint density at radius 1 is 1.69 bits per heavy atom. The minimum absolute atomic E-state index is 0.190. The Kier molecular flexibility index (Phi) is 2.06. The van der Waals surface area contributed by atoms with E-state index < -0.39 is 0 Å². The first-order chi connectivity index (χ1) is 6.29. The van der Waals surface area contributed by atoms with Gasteiger partial charge in [0, 0.05) is 25.3 Å². The summed E-state index contributed by atoms with van der Waals surface area (Å²) in [6.45, 7) is 2.27. The smallest absolute Gasteiger partial charge is 0.241 e. The maximum atomic E-state index is 11.1. The molecule has 0 radical (unpaired) electrons. The van der Waals surface area contributed by atoms with Crippen LogP contribution < -0.4 is 11.1 Å². The van der Waals surface area contributed by atoms with Crippen molar-refractivity contribution in [1.82, 2.24) is 10.2 Å². The van der Waals surface area contributed by atoms with Gasteiger partial charge in [-0.3, -0.25) is 4.79 Å². The summed E-state index contributed by atoms with van der Waals surface area (Å²) in [6, 6.07) is -0.190. The maximum Gasteiger partial charge on any atom is 0.241 e. The molecule has 1 atom stereocenters. The number of nitrogens with one attached hydrogen (secondary N) is 1. The minimum Gasteiger partial charge on any atom is -0.368 e. The summed E-state index contributed by atoms with van der Waals surface area (Å²) in [5.41, 5.74) is 6.45. The van der Waals surface area contributed by atoms with Crippen LogP contribution in [-0.4, -0.2) is 36.5 Å². The normalized spacial score (nSPS) is 26.6. The molecule has 0 saturated carbocycles. The molecule has 2 heterocycles. The molecule has 2 aliphatic rings. The number of hydrogen-bond donors (Lipinski definition) is 2. The number of rotatable bonds is 1. The molecule has 1 unspecified atom stereocenters. The number of carbonyl (C=O) groups excluding carboxylic acids is 1. The van der Waals surface area contributed by atoms with Gasteiger partial charge in [0.05, 0.1) is 0 Å². The molecule has 13 heavy (non-hydrogen) atoms. The molecule has 0 bridgehead atoms. The van der Waals surface area contributed by atoms with Gasteiger partial charge in [0.15, 0.2) is 0 Å². The summed E-state index contributed by atoms with van der Waals surface area (Å²) < 4.78 is 0. The van der Waals surface area contributed by atoms with Crippen molar-refractivity contribution in [2.24, 2.45) is 5.73 Å². The number of primary amides is 1. The highest BCUT2D eigenvalue weighted by Crippen LogP contribution is 2.16. The van der Waals surface area contributed by atoms with Gasteiger partial charge in [-0.1, -0.05) is 12.2 Å². The van der Waals surface area contributed by atoms with Crippen molar-refractivity contribution in [2.45, 2.75) is 6.04 Å². The van der Waals surface area contributed by atoms with Crippen LogP contribution in [0.15, 0.2) is 23.9 Å². The molecule has 70 valence electrons. The highest BCUT2D eigenvalue weighted by Gasteiger charge is 2.28. The van der Waals surface area contributed by atoms with Crippen molar-refractivity contribution in [3.05, 3.63) is 23.9 Å². The topological polar surface area (TPSA) is 58.4 Å². The van der Waals surface area contributed by atoms with Gasteiger partial charge in [-0.05, 0) is 6.08 Å². The second-order valence-corrected chi connectivity index (χ2v) is 3.29. The third-order valence-corrected chi connectivity index (χ3v) is 2.44. The van der Waals surface area contributed by atoms with E-state index >= 15 is 0 Å². The molecular formula is C9H13N3O. The van der Waals surface area contributed by atoms with Gasteiger partial charge in [-0.15, -0.1) is 0 Å². The van der Waals surface area contributed by atoms with Crippen LogP contribution >= 0.6 is 0 Å². The monoisotopic (exact) mass is 179 g/mol. The fourth-order valence-corrected chi connectivity index (χ4v) is 1.76. The summed E-state index contributed by atoms with van der Waals surface area (Å²) in [5.74, 6) is -0.256. The lowest BCUT2D eigenvalue weighted by molar-refractivity contribution is -0.122. The Hall–Kier alpha value is -1.29. The molecule has 0 aliphatic carbocycles. The molecule has 1 fully saturated rings. The first-order valence-corrected chi connectivity index (χ1v) is 4.41. The van der Waals surface area contributed by atoms with E-state index in [2.05, 4.69) is 10.2 Å². The first-order valence-electron chi connectivity index (χ1n) is 4.41. The molecule has 2 rings (SSSR count). The van der Waals surface area contributed by atoms with Gasteiger partial charge in [0.25, 0.3) is 0 Å². The second kappa shape index (κ2) is 3.22. The Bertz CT molecular complexity index is 283. The Labute approximate surface area is 77.1 Å². The van der Waals surface area contributed by atoms with Crippen molar-refractivity contribution in [2.75, 3.05) is 19.6 Å². The quantitative estimate of drug-likeness (QED) is 0.554. The molecule has 2 aliphatic heterocycles. The van der Waals surface area contributed by atoms with Gasteiger partial charge in [0.1, 0.15) is 6.04 Å². The fourth-order valence-electron chi connectivity index (χ4n) is 1.76. The van der Waals surface area contributed by atoms with Crippen LogP contribution in [0.2, 0.25) is 0 Å². The molecule has 4 nitrogen and oxygen atoms in total. The van der Waals surface area contributed by atoms with Crippen LogP contribution in [0.25, 0.3) is 0 Å². The molecule has 4 heteroatoms. The van der Waals surface area contributed by atoms with E-state index in [1.807, 2.05) is 18.2 Å². The van der Waals surface area contributed by atoms with E-state index in [1.54, 1.807) is 0 Å². The van der Waals surface area contributed by atoms with Crippen LogP contribution in [0, 0.1) is 0 Å². The third-order valence-electron chi connectivity index (χ3n) is 2.44. The Balaban J connectivity index is 2.20. The number of amides is 1. The number of carbonyl (C=O) groups is 1. The number of allylic oxidation sites excluding steroid dienone is 2. The minimum atomic E-state index is -0.256. The van der Waals surface area contributed by atoms with Crippen molar-refractivity contribution < 1.29 is 4.79 Å². The molecule has 3 N–H and O–H groups in total. The third kappa shape index (κ3) is 1.45. The van der Waals surface area contributed by atoms with Gasteiger partial charge >= 0.3 is 0 Å². The summed E-state index contributed by atoms with van der Waals surface area (Å²) in [6.07, 6.45) is 6.06. The largest absolute Gasteiger partial charge is 0.368 e. The highest BCUT2D eigenvalue weighted by atomic mass is 16.1. The van der Waals surface area contributed by atoms with Crippen LogP contribution in [0.4, 0.5) is 0 Å². The van der Waals surface area contributed by atoms with Gasteiger partial charge in [0.2, 0.25) is 5.91 Å².